The van der Waals surface area contributed by atoms with E-state index in [0.717, 1.165) is 25.9 Å². The Morgan fingerprint density at radius 3 is 2.33 bits per heavy atom. The number of hydrogen-bond acceptors (Lipinski definition) is 7. The van der Waals surface area contributed by atoms with Crippen LogP contribution >= 0.6 is 11.8 Å². The van der Waals surface area contributed by atoms with Crippen LogP contribution in [0.25, 0.3) is 0 Å². The number of nitrogens with two attached hydrogens (primary N) is 2. The quantitative estimate of drug-likeness (QED) is 0.750. The molecule has 8 heteroatoms. The second-order valence-electron chi connectivity index (χ2n) is 4.13. The topological polar surface area (TPSA) is 111 Å². The number of hydrogen-bond donors (Lipinski definition) is 2. The molecule has 2 rings (SSSR count). The molecule has 0 bridgehead atoms. The fourth-order valence-corrected chi connectivity index (χ4v) is 2.70. The van der Waals surface area contributed by atoms with Gasteiger partial charge in [0.15, 0.2) is 5.16 Å². The predicted molar refractivity (Wildman–Crippen MR) is 69.8 cm³/mol. The number of aromatic nitrogens is 3. The summed E-state index contributed by atoms with van der Waals surface area (Å²) >= 11 is 1.25. The lowest BCUT2D eigenvalue weighted by atomic mass is 10.4. The van der Waals surface area contributed by atoms with E-state index in [1.54, 1.807) is 0 Å². The molecule has 0 spiro atoms. The summed E-state index contributed by atoms with van der Waals surface area (Å²) in [6, 6.07) is 0. The van der Waals surface area contributed by atoms with Crippen LogP contribution in [0.2, 0.25) is 0 Å². The van der Waals surface area contributed by atoms with Gasteiger partial charge in [-0.1, -0.05) is 11.8 Å². The number of thioether (sulfide) groups is 1. The molecular weight excluding hydrogens is 252 g/mol. The Labute approximate surface area is 109 Å². The van der Waals surface area contributed by atoms with E-state index in [-0.39, 0.29) is 23.1 Å². The van der Waals surface area contributed by atoms with Crippen molar-refractivity contribution in [2.24, 2.45) is 0 Å². The van der Waals surface area contributed by atoms with E-state index in [4.69, 9.17) is 11.5 Å². The van der Waals surface area contributed by atoms with Crippen molar-refractivity contribution in [3.8, 4) is 0 Å². The van der Waals surface area contributed by atoms with Gasteiger partial charge in [0.05, 0.1) is 5.25 Å². The molecule has 1 aliphatic rings. The highest BCUT2D eigenvalue weighted by Crippen LogP contribution is 2.23. The van der Waals surface area contributed by atoms with Gasteiger partial charge in [0, 0.05) is 13.1 Å². The third kappa shape index (κ3) is 3.00. The van der Waals surface area contributed by atoms with Crippen LogP contribution in [-0.4, -0.2) is 44.1 Å². The lowest BCUT2D eigenvalue weighted by Gasteiger charge is -2.19. The van der Waals surface area contributed by atoms with Gasteiger partial charge in [-0.3, -0.25) is 4.79 Å². The summed E-state index contributed by atoms with van der Waals surface area (Å²) in [6.45, 7) is 3.51. The molecule has 0 unspecified atom stereocenters. The van der Waals surface area contributed by atoms with Crippen LogP contribution < -0.4 is 11.5 Å². The van der Waals surface area contributed by atoms with Crippen LogP contribution in [0.1, 0.15) is 19.8 Å². The third-order valence-electron chi connectivity index (χ3n) is 2.70. The Hall–Kier alpha value is -1.57. The molecule has 2 heterocycles. The summed E-state index contributed by atoms with van der Waals surface area (Å²) in [5.41, 5.74) is 11.0. The molecule has 1 aliphatic heterocycles. The fraction of sp³-hybridized carbons (Fsp3) is 0.600. The van der Waals surface area contributed by atoms with E-state index < -0.39 is 0 Å². The Morgan fingerprint density at radius 2 is 1.78 bits per heavy atom. The van der Waals surface area contributed by atoms with Crippen LogP contribution in [0.4, 0.5) is 11.9 Å². The summed E-state index contributed by atoms with van der Waals surface area (Å²) in [5.74, 6) is 0.256. The molecule has 98 valence electrons. The van der Waals surface area contributed by atoms with Crippen molar-refractivity contribution >= 4 is 29.6 Å². The third-order valence-corrected chi connectivity index (χ3v) is 3.65. The largest absolute Gasteiger partial charge is 0.368 e. The normalized spacial score (nSPS) is 16.8. The van der Waals surface area contributed by atoms with Gasteiger partial charge in [-0.2, -0.15) is 15.0 Å². The minimum atomic E-state index is -0.246. The molecule has 0 aromatic carbocycles. The number of carbonyl (C=O) groups is 1. The smallest absolute Gasteiger partial charge is 0.235 e. The number of carbonyl (C=O) groups excluding carboxylic acids is 1. The summed E-state index contributed by atoms with van der Waals surface area (Å²) < 4.78 is 0. The van der Waals surface area contributed by atoms with Crippen LogP contribution in [0.15, 0.2) is 5.16 Å². The number of nitrogen functional groups attached to an aromatic ring is 2. The molecule has 1 aromatic heterocycles. The summed E-state index contributed by atoms with van der Waals surface area (Å²) in [6.07, 6.45) is 2.16. The molecule has 1 saturated heterocycles. The van der Waals surface area contributed by atoms with Crippen LogP contribution in [0.3, 0.4) is 0 Å². The first-order valence-corrected chi connectivity index (χ1v) is 6.66. The number of rotatable bonds is 3. The van der Waals surface area contributed by atoms with E-state index in [1.807, 2.05) is 11.8 Å². The summed E-state index contributed by atoms with van der Waals surface area (Å²) in [5, 5.41) is 0.143. The van der Waals surface area contributed by atoms with Crippen LogP contribution in [0, 0.1) is 0 Å². The van der Waals surface area contributed by atoms with Gasteiger partial charge in [0.1, 0.15) is 0 Å². The Bertz CT molecular complexity index is 428. The van der Waals surface area contributed by atoms with E-state index >= 15 is 0 Å². The number of nitrogens with zero attached hydrogens (tertiary/aromatic N) is 4. The zero-order chi connectivity index (χ0) is 13.1. The average molecular weight is 268 g/mol. The minimum absolute atomic E-state index is 0.0748. The van der Waals surface area contributed by atoms with Gasteiger partial charge in [0.25, 0.3) is 0 Å². The van der Waals surface area contributed by atoms with Crippen molar-refractivity contribution in [1.82, 2.24) is 19.9 Å². The van der Waals surface area contributed by atoms with Gasteiger partial charge in [-0.05, 0) is 19.8 Å². The lowest BCUT2D eigenvalue weighted by Crippen LogP contribution is -2.34. The molecule has 1 aromatic rings. The minimum Gasteiger partial charge on any atom is -0.368 e. The second kappa shape index (κ2) is 5.38. The highest BCUT2D eigenvalue weighted by atomic mass is 32.2. The summed E-state index contributed by atoms with van der Waals surface area (Å²) in [7, 11) is 0. The maximum atomic E-state index is 12.1. The molecular formula is C10H16N6OS. The van der Waals surface area contributed by atoms with Crippen LogP contribution in [0.5, 0.6) is 0 Å². The van der Waals surface area contributed by atoms with Crippen molar-refractivity contribution in [3.63, 3.8) is 0 Å². The number of anilines is 2. The van der Waals surface area contributed by atoms with Gasteiger partial charge in [0.2, 0.25) is 17.8 Å². The lowest BCUT2D eigenvalue weighted by molar-refractivity contribution is -0.129. The molecule has 4 N–H and O–H groups in total. The monoisotopic (exact) mass is 268 g/mol. The highest BCUT2D eigenvalue weighted by molar-refractivity contribution is 8.00. The van der Waals surface area contributed by atoms with E-state index in [9.17, 15) is 4.79 Å². The zero-order valence-electron chi connectivity index (χ0n) is 10.2. The first-order valence-electron chi connectivity index (χ1n) is 5.79. The number of likely N-dealkylation sites (tertiary alicyclic amines) is 1. The van der Waals surface area contributed by atoms with Crippen molar-refractivity contribution in [1.29, 1.82) is 0 Å². The van der Waals surface area contributed by atoms with Crippen molar-refractivity contribution in [2.75, 3.05) is 24.6 Å². The molecule has 1 atom stereocenters. The Balaban J connectivity index is 2.01. The molecule has 0 saturated carbocycles. The predicted octanol–water partition coefficient (Wildman–Crippen LogP) is 0.139. The first kappa shape index (κ1) is 12.9. The SMILES string of the molecule is C[C@H](Sc1nc(N)nc(N)n1)C(=O)N1CCCC1. The van der Waals surface area contributed by atoms with E-state index in [2.05, 4.69) is 15.0 Å². The molecule has 1 fully saturated rings. The Kier molecular flexibility index (Phi) is 3.85. The molecule has 0 radical (unpaired) electrons. The zero-order valence-corrected chi connectivity index (χ0v) is 11.0. The standard InChI is InChI=1S/C10H16N6OS/c1-6(7(17)16-4-2-3-5-16)18-10-14-8(11)13-9(12)15-10/h6H,2-5H2,1H3,(H4,11,12,13,14,15)/t6-/m0/s1. The molecule has 7 nitrogen and oxygen atoms in total. The van der Waals surface area contributed by atoms with Gasteiger partial charge in [-0.15, -0.1) is 0 Å². The Morgan fingerprint density at radius 1 is 1.22 bits per heavy atom. The molecule has 18 heavy (non-hydrogen) atoms. The highest BCUT2D eigenvalue weighted by Gasteiger charge is 2.24. The molecule has 1 amide bonds. The first-order chi connectivity index (χ1) is 8.56. The fourth-order valence-electron chi connectivity index (χ4n) is 1.84. The van der Waals surface area contributed by atoms with E-state index in [0.29, 0.717) is 5.16 Å². The number of amides is 1. The second-order valence-corrected chi connectivity index (χ2v) is 5.43. The van der Waals surface area contributed by atoms with Gasteiger partial charge < -0.3 is 16.4 Å². The molecule has 0 aliphatic carbocycles. The maximum Gasteiger partial charge on any atom is 0.235 e. The van der Waals surface area contributed by atoms with Crippen LogP contribution in [-0.2, 0) is 4.79 Å². The van der Waals surface area contributed by atoms with Gasteiger partial charge in [-0.25, -0.2) is 0 Å². The van der Waals surface area contributed by atoms with Crippen molar-refractivity contribution in [2.45, 2.75) is 30.2 Å². The maximum absolute atomic E-state index is 12.1. The average Bonchev–Trinajstić information content (AvgIpc) is 2.79. The van der Waals surface area contributed by atoms with Gasteiger partial charge >= 0.3 is 0 Å². The summed E-state index contributed by atoms with van der Waals surface area (Å²) in [4.78, 5) is 25.5. The van der Waals surface area contributed by atoms with E-state index in [1.165, 1.54) is 11.8 Å². The van der Waals surface area contributed by atoms with Crippen molar-refractivity contribution < 1.29 is 4.79 Å². The van der Waals surface area contributed by atoms with Crippen molar-refractivity contribution in [3.05, 3.63) is 0 Å².